The molecule has 3 rings (SSSR count). The highest BCUT2D eigenvalue weighted by molar-refractivity contribution is 7.07. The molecule has 2 nitrogen and oxygen atoms in total. The quantitative estimate of drug-likeness (QED) is 0.573. The highest BCUT2D eigenvalue weighted by Gasteiger charge is 1.87. The van der Waals surface area contributed by atoms with Crippen molar-refractivity contribution < 1.29 is 0 Å². The smallest absolute Gasteiger partial charge is 0.116 e. The summed E-state index contributed by atoms with van der Waals surface area (Å²) in [5.74, 6) is 0. The zero-order valence-corrected chi connectivity index (χ0v) is 8.89. The number of benzene rings is 1. The van der Waals surface area contributed by atoms with Crippen LogP contribution in [-0.2, 0) is 0 Å². The number of thiophene rings is 1. The first-order valence-corrected chi connectivity index (χ1v) is 5.53. The minimum Gasteiger partial charge on any atom is -0.244 e. The standard InChI is InChI=1S/C8H6N2.C4H4S/c1-2-4-8-7(3-1)5-9-6-10-8;1-2-4-5-3-1/h1-6H;1-4H. The van der Waals surface area contributed by atoms with Crippen molar-refractivity contribution in [1.82, 2.24) is 9.97 Å². The topological polar surface area (TPSA) is 25.8 Å². The van der Waals surface area contributed by atoms with E-state index in [9.17, 15) is 0 Å². The van der Waals surface area contributed by atoms with Crippen molar-refractivity contribution in [2.24, 2.45) is 0 Å². The van der Waals surface area contributed by atoms with E-state index in [1.165, 1.54) is 0 Å². The van der Waals surface area contributed by atoms with Crippen LogP contribution < -0.4 is 0 Å². The average Bonchev–Trinajstić information content (AvgIpc) is 2.88. The molecule has 3 heteroatoms. The van der Waals surface area contributed by atoms with Crippen LogP contribution in [0.25, 0.3) is 10.9 Å². The van der Waals surface area contributed by atoms with Gasteiger partial charge in [0.15, 0.2) is 0 Å². The Morgan fingerprint density at radius 1 is 0.933 bits per heavy atom. The molecule has 0 amide bonds. The first kappa shape index (κ1) is 9.80. The van der Waals surface area contributed by atoms with E-state index in [1.807, 2.05) is 53.4 Å². The lowest BCUT2D eigenvalue weighted by Crippen LogP contribution is -1.77. The van der Waals surface area contributed by atoms with Gasteiger partial charge < -0.3 is 0 Å². The molecule has 0 spiro atoms. The average molecular weight is 214 g/mol. The third-order valence-electron chi connectivity index (χ3n) is 1.84. The van der Waals surface area contributed by atoms with E-state index in [0.717, 1.165) is 10.9 Å². The van der Waals surface area contributed by atoms with Crippen molar-refractivity contribution in [3.8, 4) is 0 Å². The molecule has 2 heterocycles. The number of rotatable bonds is 0. The zero-order chi connectivity index (χ0) is 10.3. The predicted octanol–water partition coefficient (Wildman–Crippen LogP) is 3.38. The summed E-state index contributed by atoms with van der Waals surface area (Å²) in [5.41, 5.74) is 0.998. The molecule has 1 aromatic carbocycles. The van der Waals surface area contributed by atoms with Gasteiger partial charge in [0, 0.05) is 11.6 Å². The summed E-state index contributed by atoms with van der Waals surface area (Å²) in [6.07, 6.45) is 3.37. The number of hydrogen-bond donors (Lipinski definition) is 0. The summed E-state index contributed by atoms with van der Waals surface area (Å²) in [7, 11) is 0. The first-order chi connectivity index (χ1) is 7.47. The number of hydrogen-bond acceptors (Lipinski definition) is 3. The van der Waals surface area contributed by atoms with Crippen molar-refractivity contribution in [3.63, 3.8) is 0 Å². The summed E-state index contributed by atoms with van der Waals surface area (Å²) < 4.78 is 0. The molecule has 0 N–H and O–H groups in total. The number of nitrogens with zero attached hydrogens (tertiary/aromatic N) is 2. The molecule has 0 unspecified atom stereocenters. The van der Waals surface area contributed by atoms with Gasteiger partial charge in [-0.1, -0.05) is 30.3 Å². The molecule has 0 aliphatic carbocycles. The molecule has 74 valence electrons. The zero-order valence-electron chi connectivity index (χ0n) is 8.08. The molecular weight excluding hydrogens is 204 g/mol. The van der Waals surface area contributed by atoms with Crippen molar-refractivity contribution >= 4 is 22.2 Å². The molecule has 15 heavy (non-hydrogen) atoms. The Morgan fingerprint density at radius 2 is 1.73 bits per heavy atom. The molecular formula is C12H10N2S. The molecule has 0 bridgehead atoms. The number of fused-ring (bicyclic) bond motifs is 1. The van der Waals surface area contributed by atoms with Crippen LogP contribution in [0.3, 0.4) is 0 Å². The van der Waals surface area contributed by atoms with Gasteiger partial charge in [-0.3, -0.25) is 0 Å². The maximum absolute atomic E-state index is 4.07. The van der Waals surface area contributed by atoms with Gasteiger partial charge in [0.05, 0.1) is 5.52 Å². The Hall–Kier alpha value is -1.74. The summed E-state index contributed by atoms with van der Waals surface area (Å²) in [6, 6.07) is 11.9. The highest BCUT2D eigenvalue weighted by atomic mass is 32.1. The van der Waals surface area contributed by atoms with E-state index < -0.39 is 0 Å². The van der Waals surface area contributed by atoms with Gasteiger partial charge >= 0.3 is 0 Å². The van der Waals surface area contributed by atoms with Crippen LogP contribution in [-0.4, -0.2) is 9.97 Å². The monoisotopic (exact) mass is 214 g/mol. The lowest BCUT2D eigenvalue weighted by molar-refractivity contribution is 1.22. The van der Waals surface area contributed by atoms with Crippen molar-refractivity contribution in [2.45, 2.75) is 0 Å². The van der Waals surface area contributed by atoms with E-state index in [1.54, 1.807) is 17.7 Å². The van der Waals surface area contributed by atoms with Gasteiger partial charge in [0.2, 0.25) is 0 Å². The third kappa shape index (κ3) is 2.86. The minimum absolute atomic E-state index is 0.998. The van der Waals surface area contributed by atoms with Gasteiger partial charge in [-0.2, -0.15) is 11.3 Å². The lowest BCUT2D eigenvalue weighted by atomic mass is 10.2. The Balaban J connectivity index is 0.000000144. The summed E-state index contributed by atoms with van der Waals surface area (Å²) in [4.78, 5) is 7.97. The number of aromatic nitrogens is 2. The Labute approximate surface area is 92.3 Å². The molecule has 2 aromatic heterocycles. The van der Waals surface area contributed by atoms with Crippen LogP contribution >= 0.6 is 11.3 Å². The molecule has 0 fully saturated rings. The fourth-order valence-electron chi connectivity index (χ4n) is 1.15. The Kier molecular flexibility index (Phi) is 3.41. The lowest BCUT2D eigenvalue weighted by Gasteiger charge is -1.90. The van der Waals surface area contributed by atoms with Crippen molar-refractivity contribution in [1.29, 1.82) is 0 Å². The fourth-order valence-corrected chi connectivity index (χ4v) is 1.60. The van der Waals surface area contributed by atoms with Crippen molar-refractivity contribution in [3.05, 3.63) is 59.7 Å². The van der Waals surface area contributed by atoms with Crippen LogP contribution in [0.5, 0.6) is 0 Å². The van der Waals surface area contributed by atoms with Crippen LogP contribution in [0.2, 0.25) is 0 Å². The third-order valence-corrected chi connectivity index (χ3v) is 2.47. The Bertz CT molecular complexity index is 423. The molecule has 0 atom stereocenters. The van der Waals surface area contributed by atoms with Gasteiger partial charge in [0.25, 0.3) is 0 Å². The van der Waals surface area contributed by atoms with E-state index >= 15 is 0 Å². The van der Waals surface area contributed by atoms with Gasteiger partial charge in [0.1, 0.15) is 6.33 Å². The molecule has 0 aliphatic heterocycles. The Morgan fingerprint density at radius 3 is 2.40 bits per heavy atom. The van der Waals surface area contributed by atoms with Crippen molar-refractivity contribution in [2.75, 3.05) is 0 Å². The SMILES string of the molecule is c1ccc2ncncc2c1.c1ccsc1. The van der Waals surface area contributed by atoms with E-state index in [0.29, 0.717) is 0 Å². The molecule has 0 saturated heterocycles. The van der Waals surface area contributed by atoms with Gasteiger partial charge in [-0.15, -0.1) is 0 Å². The van der Waals surface area contributed by atoms with E-state index in [-0.39, 0.29) is 0 Å². The molecule has 0 aliphatic rings. The molecule has 3 aromatic rings. The summed E-state index contributed by atoms with van der Waals surface area (Å²) in [6.45, 7) is 0. The normalized spacial score (nSPS) is 9.33. The second-order valence-electron chi connectivity index (χ2n) is 2.87. The van der Waals surface area contributed by atoms with E-state index in [4.69, 9.17) is 0 Å². The minimum atomic E-state index is 0.998. The van der Waals surface area contributed by atoms with Crippen LogP contribution in [0.15, 0.2) is 59.7 Å². The maximum atomic E-state index is 4.07. The first-order valence-electron chi connectivity index (χ1n) is 4.59. The van der Waals surface area contributed by atoms with Gasteiger partial charge in [-0.05, 0) is 16.8 Å². The second kappa shape index (κ2) is 5.22. The predicted molar refractivity (Wildman–Crippen MR) is 63.9 cm³/mol. The second-order valence-corrected chi connectivity index (χ2v) is 3.69. The van der Waals surface area contributed by atoms with E-state index in [2.05, 4.69) is 9.97 Å². The van der Waals surface area contributed by atoms with Crippen LogP contribution in [0.4, 0.5) is 0 Å². The highest BCUT2D eigenvalue weighted by Crippen LogP contribution is 2.06. The fraction of sp³-hybridized carbons (Fsp3) is 0. The molecule has 0 saturated carbocycles. The molecule has 0 radical (unpaired) electrons. The summed E-state index contributed by atoms with van der Waals surface area (Å²) in [5, 5.41) is 5.17. The summed E-state index contributed by atoms with van der Waals surface area (Å²) >= 11 is 1.71. The van der Waals surface area contributed by atoms with Gasteiger partial charge in [-0.25, -0.2) is 9.97 Å². The number of para-hydroxylation sites is 1. The van der Waals surface area contributed by atoms with Crippen LogP contribution in [0, 0.1) is 0 Å². The largest absolute Gasteiger partial charge is 0.244 e. The maximum Gasteiger partial charge on any atom is 0.116 e. The van der Waals surface area contributed by atoms with Crippen LogP contribution in [0.1, 0.15) is 0 Å².